The molecule has 0 fully saturated rings. The SMILES string of the molecule is CCCCCc1cc2cc3c(ccc4c5cc6ccsc6cc5ccc34)cc2s1. The van der Waals surface area contributed by atoms with E-state index in [1.807, 2.05) is 22.7 Å². The average molecular weight is 411 g/mol. The molecule has 0 radical (unpaired) electrons. The molecule has 0 nitrogen and oxygen atoms in total. The molecule has 0 aliphatic heterocycles. The van der Waals surface area contributed by atoms with Gasteiger partial charge in [0.2, 0.25) is 0 Å². The van der Waals surface area contributed by atoms with Gasteiger partial charge in [0.15, 0.2) is 0 Å². The van der Waals surface area contributed by atoms with Crippen LogP contribution in [0.1, 0.15) is 31.1 Å². The van der Waals surface area contributed by atoms with Crippen LogP contribution in [0.3, 0.4) is 0 Å². The van der Waals surface area contributed by atoms with Crippen molar-refractivity contribution in [2.24, 2.45) is 0 Å². The van der Waals surface area contributed by atoms with Gasteiger partial charge in [-0.2, -0.15) is 0 Å². The highest BCUT2D eigenvalue weighted by Gasteiger charge is 2.09. The molecule has 6 aromatic rings. The van der Waals surface area contributed by atoms with E-state index in [2.05, 4.69) is 73.0 Å². The van der Waals surface area contributed by atoms with Gasteiger partial charge in [-0.1, -0.05) is 44.0 Å². The van der Waals surface area contributed by atoms with Crippen molar-refractivity contribution >= 4 is 75.2 Å². The highest BCUT2D eigenvalue weighted by atomic mass is 32.1. The zero-order chi connectivity index (χ0) is 19.4. The van der Waals surface area contributed by atoms with Gasteiger partial charge in [0.1, 0.15) is 0 Å². The summed E-state index contributed by atoms with van der Waals surface area (Å²) in [5.74, 6) is 0. The Labute approximate surface area is 178 Å². The lowest BCUT2D eigenvalue weighted by molar-refractivity contribution is 0.723. The highest BCUT2D eigenvalue weighted by molar-refractivity contribution is 7.19. The van der Waals surface area contributed by atoms with Crippen LogP contribution in [0.4, 0.5) is 0 Å². The molecule has 142 valence electrons. The molecule has 0 saturated carbocycles. The van der Waals surface area contributed by atoms with E-state index in [9.17, 15) is 0 Å². The van der Waals surface area contributed by atoms with E-state index >= 15 is 0 Å². The maximum absolute atomic E-state index is 2.42. The maximum atomic E-state index is 2.42. The number of rotatable bonds is 4. The van der Waals surface area contributed by atoms with Crippen LogP contribution in [0.5, 0.6) is 0 Å². The van der Waals surface area contributed by atoms with Crippen molar-refractivity contribution in [2.75, 3.05) is 0 Å². The molecule has 0 amide bonds. The predicted octanol–water partition coefficient (Wildman–Crippen LogP) is 9.31. The largest absolute Gasteiger partial charge is 0.144 e. The Kier molecular flexibility index (Phi) is 4.11. The number of thiophene rings is 2. The van der Waals surface area contributed by atoms with Crippen LogP contribution < -0.4 is 0 Å². The first-order valence-electron chi connectivity index (χ1n) is 10.5. The van der Waals surface area contributed by atoms with Crippen LogP contribution in [0, 0.1) is 0 Å². The second kappa shape index (κ2) is 6.83. The quantitative estimate of drug-likeness (QED) is 0.201. The second-order valence-corrected chi connectivity index (χ2v) is 10.2. The van der Waals surface area contributed by atoms with Gasteiger partial charge in [-0.3, -0.25) is 0 Å². The van der Waals surface area contributed by atoms with Gasteiger partial charge < -0.3 is 0 Å². The normalized spacial score (nSPS) is 12.2. The molecule has 0 bridgehead atoms. The van der Waals surface area contributed by atoms with Crippen molar-refractivity contribution in [1.29, 1.82) is 0 Å². The van der Waals surface area contributed by atoms with E-state index in [1.54, 1.807) is 0 Å². The highest BCUT2D eigenvalue weighted by Crippen LogP contribution is 2.37. The summed E-state index contributed by atoms with van der Waals surface area (Å²) in [5.41, 5.74) is 0. The molecular formula is C27H22S2. The molecule has 0 atom stereocenters. The Morgan fingerprint density at radius 1 is 0.621 bits per heavy atom. The van der Waals surface area contributed by atoms with Gasteiger partial charge in [-0.15, -0.1) is 22.7 Å². The van der Waals surface area contributed by atoms with E-state index < -0.39 is 0 Å². The number of aryl methyl sites for hydroxylation is 1. The third-order valence-corrected chi connectivity index (χ3v) is 8.16. The summed E-state index contributed by atoms with van der Waals surface area (Å²) in [4.78, 5) is 1.53. The molecular weight excluding hydrogens is 388 g/mol. The zero-order valence-corrected chi connectivity index (χ0v) is 18.1. The second-order valence-electron chi connectivity index (χ2n) is 8.04. The van der Waals surface area contributed by atoms with Gasteiger partial charge in [0.05, 0.1) is 0 Å². The first-order chi connectivity index (χ1) is 14.3. The van der Waals surface area contributed by atoms with Crippen molar-refractivity contribution in [3.8, 4) is 0 Å². The average Bonchev–Trinajstić information content (AvgIpc) is 3.35. The molecule has 0 aliphatic rings. The molecule has 29 heavy (non-hydrogen) atoms. The van der Waals surface area contributed by atoms with Gasteiger partial charge in [0, 0.05) is 14.3 Å². The Bertz CT molecular complexity index is 1510. The van der Waals surface area contributed by atoms with E-state index in [0.29, 0.717) is 0 Å². The number of benzene rings is 4. The van der Waals surface area contributed by atoms with Crippen LogP contribution in [0.25, 0.3) is 52.5 Å². The number of fused-ring (bicyclic) bond motifs is 7. The first kappa shape index (κ1) is 17.4. The first-order valence-corrected chi connectivity index (χ1v) is 12.2. The standard InChI is InChI=1S/C27H22S2/c1-2-3-4-5-21-12-20-14-25-18(16-27(20)29-21)7-9-22-23(25)8-6-17-15-26-19(10-11-28-26)13-24(17)22/h6-16H,2-5H2,1H3. The molecule has 0 N–H and O–H groups in total. The fraction of sp³-hybridized carbons (Fsp3) is 0.185. The maximum Gasteiger partial charge on any atom is 0.0352 e. The van der Waals surface area contributed by atoms with E-state index in [1.165, 1.54) is 83.1 Å². The van der Waals surface area contributed by atoms with Gasteiger partial charge in [-0.25, -0.2) is 0 Å². The zero-order valence-electron chi connectivity index (χ0n) is 16.5. The van der Waals surface area contributed by atoms with Crippen molar-refractivity contribution in [1.82, 2.24) is 0 Å². The molecule has 2 heteroatoms. The lowest BCUT2D eigenvalue weighted by atomic mass is 9.96. The third-order valence-electron chi connectivity index (χ3n) is 6.12. The van der Waals surface area contributed by atoms with Gasteiger partial charge >= 0.3 is 0 Å². The van der Waals surface area contributed by atoms with E-state index in [4.69, 9.17) is 0 Å². The monoisotopic (exact) mass is 410 g/mol. The van der Waals surface area contributed by atoms with Crippen LogP contribution >= 0.6 is 22.7 Å². The fourth-order valence-corrected chi connectivity index (χ4v) is 6.55. The summed E-state index contributed by atoms with van der Waals surface area (Å²) in [6.45, 7) is 2.27. The lowest BCUT2D eigenvalue weighted by Gasteiger charge is -2.08. The fourth-order valence-electron chi connectivity index (χ4n) is 4.59. The predicted molar refractivity (Wildman–Crippen MR) is 133 cm³/mol. The molecule has 0 saturated heterocycles. The number of unbranched alkanes of at least 4 members (excludes halogenated alkanes) is 2. The summed E-state index contributed by atoms with van der Waals surface area (Å²) in [5, 5.41) is 13.1. The molecule has 2 aromatic heterocycles. The van der Waals surface area contributed by atoms with Crippen molar-refractivity contribution < 1.29 is 0 Å². The van der Waals surface area contributed by atoms with Crippen molar-refractivity contribution in [2.45, 2.75) is 32.6 Å². The molecule has 0 unspecified atom stereocenters. The molecule has 2 heterocycles. The van der Waals surface area contributed by atoms with Crippen LogP contribution in [0.15, 0.2) is 66.0 Å². The molecule has 0 aliphatic carbocycles. The summed E-state index contributed by atoms with van der Waals surface area (Å²) in [6, 6.07) is 23.4. The molecule has 6 rings (SSSR count). The minimum atomic E-state index is 1.21. The molecule has 4 aromatic carbocycles. The van der Waals surface area contributed by atoms with E-state index in [-0.39, 0.29) is 0 Å². The van der Waals surface area contributed by atoms with Crippen molar-refractivity contribution in [3.63, 3.8) is 0 Å². The Hall–Kier alpha value is -2.42. The minimum Gasteiger partial charge on any atom is -0.144 e. The lowest BCUT2D eigenvalue weighted by Crippen LogP contribution is -1.81. The third kappa shape index (κ3) is 2.86. The summed E-state index contributed by atoms with van der Waals surface area (Å²) in [6.07, 6.45) is 5.12. The summed E-state index contributed by atoms with van der Waals surface area (Å²) < 4.78 is 2.79. The topological polar surface area (TPSA) is 0 Å². The van der Waals surface area contributed by atoms with Crippen molar-refractivity contribution in [3.05, 3.63) is 70.9 Å². The molecule has 0 spiro atoms. The van der Waals surface area contributed by atoms with Crippen LogP contribution in [-0.2, 0) is 6.42 Å². The number of hydrogen-bond acceptors (Lipinski definition) is 2. The Morgan fingerprint density at radius 3 is 2.10 bits per heavy atom. The number of hydrogen-bond donors (Lipinski definition) is 0. The summed E-state index contributed by atoms with van der Waals surface area (Å²) in [7, 11) is 0. The Morgan fingerprint density at radius 2 is 1.34 bits per heavy atom. The Balaban J connectivity index is 1.58. The van der Waals surface area contributed by atoms with Gasteiger partial charge in [0.25, 0.3) is 0 Å². The van der Waals surface area contributed by atoms with Gasteiger partial charge in [-0.05, 0) is 97.7 Å². The summed E-state index contributed by atoms with van der Waals surface area (Å²) >= 11 is 3.80. The smallest absolute Gasteiger partial charge is 0.0352 e. The van der Waals surface area contributed by atoms with Crippen LogP contribution in [-0.4, -0.2) is 0 Å². The van der Waals surface area contributed by atoms with Crippen LogP contribution in [0.2, 0.25) is 0 Å². The van der Waals surface area contributed by atoms with E-state index in [0.717, 1.165) is 0 Å². The minimum absolute atomic E-state index is 1.21.